The zero-order chi connectivity index (χ0) is 17.3. The number of para-hydroxylation sites is 2. The molecule has 0 spiro atoms. The third kappa shape index (κ3) is 3.32. The molecule has 1 heterocycles. The number of hydrazone groups is 1. The number of halogens is 3. The number of rotatable bonds is 3. The molecule has 8 heteroatoms. The van der Waals surface area contributed by atoms with Crippen molar-refractivity contribution in [2.75, 3.05) is 0 Å². The topological polar surface area (TPSA) is 59.3 Å². The van der Waals surface area contributed by atoms with Crippen molar-refractivity contribution in [3.8, 4) is 0 Å². The molecule has 1 aliphatic carbocycles. The predicted molar refractivity (Wildman–Crippen MR) is 83.3 cm³/mol. The Morgan fingerprint density at radius 1 is 1.33 bits per heavy atom. The van der Waals surface area contributed by atoms with Crippen molar-refractivity contribution >= 4 is 22.7 Å². The number of alkyl halides is 3. The van der Waals surface area contributed by atoms with Crippen molar-refractivity contribution in [3.63, 3.8) is 0 Å². The molecule has 0 radical (unpaired) electrons. The van der Waals surface area contributed by atoms with Crippen LogP contribution in [-0.4, -0.2) is 21.2 Å². The van der Waals surface area contributed by atoms with Crippen LogP contribution in [0.5, 0.6) is 0 Å². The Morgan fingerprint density at radius 3 is 2.75 bits per heavy atom. The average Bonchev–Trinajstić information content (AvgIpc) is 3.09. The predicted octanol–water partition coefficient (Wildman–Crippen LogP) is 3.27. The van der Waals surface area contributed by atoms with E-state index in [1.807, 2.05) is 13.0 Å². The molecule has 126 valence electrons. The lowest BCUT2D eigenvalue weighted by Gasteiger charge is -2.10. The lowest BCUT2D eigenvalue weighted by molar-refractivity contribution is -0.147. The molecule has 1 aromatic carbocycles. The summed E-state index contributed by atoms with van der Waals surface area (Å²) in [4.78, 5) is 15.6. The molecule has 0 saturated heterocycles. The first-order valence-electron chi connectivity index (χ1n) is 7.39. The van der Waals surface area contributed by atoms with E-state index in [9.17, 15) is 18.0 Å². The maximum atomic E-state index is 13.2. The number of fused-ring (bicyclic) bond motifs is 1. The second kappa shape index (κ2) is 6.10. The first kappa shape index (κ1) is 16.2. The largest absolute Gasteiger partial charge is 0.449 e. The van der Waals surface area contributed by atoms with Gasteiger partial charge in [-0.15, -0.1) is 0 Å². The van der Waals surface area contributed by atoms with Crippen molar-refractivity contribution in [2.24, 2.45) is 5.10 Å². The summed E-state index contributed by atoms with van der Waals surface area (Å²) in [6.07, 6.45) is -1.20. The van der Waals surface area contributed by atoms with Gasteiger partial charge < -0.3 is 4.57 Å². The maximum Gasteiger partial charge on any atom is 0.449 e. The summed E-state index contributed by atoms with van der Waals surface area (Å²) in [6, 6.07) is 6.18. The number of nitrogens with one attached hydrogen (secondary N) is 1. The summed E-state index contributed by atoms with van der Waals surface area (Å²) in [7, 11) is 0. The van der Waals surface area contributed by atoms with E-state index in [0.717, 1.165) is 16.6 Å². The highest BCUT2D eigenvalue weighted by molar-refractivity contribution is 5.98. The smallest absolute Gasteiger partial charge is 0.311 e. The summed E-state index contributed by atoms with van der Waals surface area (Å²) in [5.41, 5.74) is 4.63. The summed E-state index contributed by atoms with van der Waals surface area (Å²) < 4.78 is 40.3. The van der Waals surface area contributed by atoms with Crippen LogP contribution in [0.25, 0.3) is 11.0 Å². The molecule has 0 fully saturated rings. The highest BCUT2D eigenvalue weighted by Crippen LogP contribution is 2.31. The summed E-state index contributed by atoms with van der Waals surface area (Å²) in [5, 5.41) is 3.95. The highest BCUT2D eigenvalue weighted by atomic mass is 19.4. The molecule has 0 bridgehead atoms. The first-order valence-corrected chi connectivity index (χ1v) is 7.39. The van der Waals surface area contributed by atoms with Crippen LogP contribution in [0.1, 0.15) is 25.6 Å². The molecule has 3 rings (SSSR count). The number of imidazole rings is 1. The van der Waals surface area contributed by atoms with Gasteiger partial charge >= 0.3 is 6.18 Å². The van der Waals surface area contributed by atoms with Gasteiger partial charge in [0.05, 0.1) is 16.7 Å². The van der Waals surface area contributed by atoms with Crippen molar-refractivity contribution in [2.45, 2.75) is 32.5 Å². The van der Waals surface area contributed by atoms with Crippen LogP contribution in [0, 0.1) is 0 Å². The van der Waals surface area contributed by atoms with E-state index in [1.54, 1.807) is 12.1 Å². The van der Waals surface area contributed by atoms with E-state index >= 15 is 0 Å². The van der Waals surface area contributed by atoms with Crippen molar-refractivity contribution in [1.82, 2.24) is 15.0 Å². The molecule has 0 unspecified atom stereocenters. The maximum absolute atomic E-state index is 13.2. The monoisotopic (exact) mass is 336 g/mol. The standard InChI is InChI=1S/C16H15F3N4O/c1-10-6-7-11(8-10)21-22-14(24)9-23-13-5-3-2-4-12(13)20-15(23)16(17,18)19/h2-5,8H,6-7,9H2,1H3,(H,22,24). The van der Waals surface area contributed by atoms with Gasteiger partial charge in [0.2, 0.25) is 5.82 Å². The normalized spacial score (nSPS) is 16.7. The fourth-order valence-electron chi connectivity index (χ4n) is 2.61. The molecule has 1 N–H and O–H groups in total. The number of hydrogen-bond donors (Lipinski definition) is 1. The molecule has 1 aromatic heterocycles. The number of carbonyl (C=O) groups is 1. The van der Waals surface area contributed by atoms with E-state index in [1.165, 1.54) is 12.1 Å². The van der Waals surface area contributed by atoms with E-state index in [2.05, 4.69) is 15.5 Å². The Kier molecular flexibility index (Phi) is 4.13. The fraction of sp³-hybridized carbons (Fsp3) is 0.312. The number of aromatic nitrogens is 2. The van der Waals surface area contributed by atoms with Crippen LogP contribution in [0.3, 0.4) is 0 Å². The van der Waals surface area contributed by atoms with Gasteiger partial charge in [-0.05, 0) is 38.0 Å². The van der Waals surface area contributed by atoms with Crippen LogP contribution < -0.4 is 5.43 Å². The molecular formula is C16H15F3N4O. The van der Waals surface area contributed by atoms with Gasteiger partial charge in [-0.3, -0.25) is 4.79 Å². The molecular weight excluding hydrogens is 321 g/mol. The van der Waals surface area contributed by atoms with Crippen molar-refractivity contribution in [1.29, 1.82) is 0 Å². The van der Waals surface area contributed by atoms with Crippen LogP contribution in [0.4, 0.5) is 13.2 Å². The SMILES string of the molecule is CC1=CC(=NNC(=O)Cn2c(C(F)(F)F)nc3ccccc32)CC1. The Hall–Kier alpha value is -2.64. The molecule has 0 saturated carbocycles. The van der Waals surface area contributed by atoms with Gasteiger partial charge in [-0.25, -0.2) is 10.4 Å². The summed E-state index contributed by atoms with van der Waals surface area (Å²) in [6.45, 7) is 1.45. The minimum absolute atomic E-state index is 0.193. The van der Waals surface area contributed by atoms with Crippen LogP contribution >= 0.6 is 0 Å². The average molecular weight is 336 g/mol. The third-order valence-electron chi connectivity index (χ3n) is 3.72. The molecule has 5 nitrogen and oxygen atoms in total. The van der Waals surface area contributed by atoms with Crippen molar-refractivity contribution in [3.05, 3.63) is 41.7 Å². The van der Waals surface area contributed by atoms with Crippen molar-refractivity contribution < 1.29 is 18.0 Å². The molecule has 1 aliphatic rings. The summed E-state index contributed by atoms with van der Waals surface area (Å²) >= 11 is 0. The quantitative estimate of drug-likeness (QED) is 0.875. The van der Waals surface area contributed by atoms with Crippen LogP contribution in [0.15, 0.2) is 41.0 Å². The number of nitrogens with zero attached hydrogens (tertiary/aromatic N) is 3. The van der Waals surface area contributed by atoms with E-state index in [0.29, 0.717) is 12.1 Å². The minimum Gasteiger partial charge on any atom is -0.311 e. The number of carbonyl (C=O) groups excluding carboxylic acids is 1. The highest BCUT2D eigenvalue weighted by Gasteiger charge is 2.37. The molecule has 0 atom stereocenters. The van der Waals surface area contributed by atoms with E-state index in [-0.39, 0.29) is 11.0 Å². The van der Waals surface area contributed by atoms with Gasteiger partial charge in [0.1, 0.15) is 6.54 Å². The summed E-state index contributed by atoms with van der Waals surface area (Å²) in [5.74, 6) is -1.72. The van der Waals surface area contributed by atoms with Gasteiger partial charge in [0, 0.05) is 0 Å². The Bertz CT molecular complexity index is 849. The number of amides is 1. The fourth-order valence-corrected chi connectivity index (χ4v) is 2.61. The molecule has 1 amide bonds. The van der Waals surface area contributed by atoms with Crippen LogP contribution in [-0.2, 0) is 17.5 Å². The van der Waals surface area contributed by atoms with Gasteiger partial charge in [-0.1, -0.05) is 17.7 Å². The Morgan fingerprint density at radius 2 is 2.08 bits per heavy atom. The second-order valence-corrected chi connectivity index (χ2v) is 5.64. The lowest BCUT2D eigenvalue weighted by Crippen LogP contribution is -2.26. The van der Waals surface area contributed by atoms with Crippen LogP contribution in [0.2, 0.25) is 0 Å². The Balaban J connectivity index is 1.85. The zero-order valence-corrected chi connectivity index (χ0v) is 12.9. The number of benzene rings is 1. The molecule has 0 aliphatic heterocycles. The number of allylic oxidation sites excluding steroid dienone is 2. The van der Waals surface area contributed by atoms with Gasteiger partial charge in [-0.2, -0.15) is 18.3 Å². The lowest BCUT2D eigenvalue weighted by atomic mass is 10.3. The zero-order valence-electron chi connectivity index (χ0n) is 12.9. The Labute approximate surface area is 135 Å². The van der Waals surface area contributed by atoms with E-state index in [4.69, 9.17) is 0 Å². The molecule has 2 aromatic rings. The second-order valence-electron chi connectivity index (χ2n) is 5.64. The minimum atomic E-state index is -4.64. The third-order valence-corrected chi connectivity index (χ3v) is 3.72. The molecule has 24 heavy (non-hydrogen) atoms. The number of hydrogen-bond acceptors (Lipinski definition) is 3. The van der Waals surface area contributed by atoms with Gasteiger partial charge in [0.15, 0.2) is 0 Å². The first-order chi connectivity index (χ1) is 11.3. The van der Waals surface area contributed by atoms with Gasteiger partial charge in [0.25, 0.3) is 5.91 Å². The van der Waals surface area contributed by atoms with E-state index < -0.39 is 24.5 Å².